The molecule has 242 valence electrons. The summed E-state index contributed by atoms with van der Waals surface area (Å²) in [5.41, 5.74) is 11.5. The van der Waals surface area contributed by atoms with Crippen molar-refractivity contribution in [2.75, 3.05) is 10.2 Å². The SMILES string of the molecule is CC12CC=CC=C1N(C1N=C(c3ccc4ccccc4c3)c3ccccc3N1)c1c2c2ccccc2c2c3ccccc3n(-c3ccccc3)c12. The molecule has 1 N–H and O–H groups in total. The second kappa shape index (κ2) is 10.6. The van der Waals surface area contributed by atoms with E-state index in [1.807, 2.05) is 0 Å². The lowest BCUT2D eigenvalue weighted by atomic mass is 9.74. The molecule has 0 saturated heterocycles. The van der Waals surface area contributed by atoms with Gasteiger partial charge in [0.05, 0.1) is 22.4 Å². The average molecular weight is 655 g/mol. The van der Waals surface area contributed by atoms with Gasteiger partial charge in [0.1, 0.15) is 0 Å². The molecule has 1 aromatic heterocycles. The van der Waals surface area contributed by atoms with Gasteiger partial charge in [-0.15, -0.1) is 0 Å². The molecule has 0 saturated carbocycles. The third-order valence-corrected chi connectivity index (χ3v) is 11.3. The van der Waals surface area contributed by atoms with Crippen molar-refractivity contribution >= 4 is 60.4 Å². The summed E-state index contributed by atoms with van der Waals surface area (Å²) in [5, 5.41) is 11.5. The highest BCUT2D eigenvalue weighted by molar-refractivity contribution is 6.27. The third kappa shape index (κ3) is 3.93. The highest BCUT2D eigenvalue weighted by Crippen LogP contribution is 2.59. The number of para-hydroxylation sites is 3. The maximum Gasteiger partial charge on any atom is 0.201 e. The molecule has 0 fully saturated rings. The lowest BCUT2D eigenvalue weighted by molar-refractivity contribution is 0.559. The number of hydrogen-bond donors (Lipinski definition) is 1. The average Bonchev–Trinajstić information content (AvgIpc) is 3.68. The van der Waals surface area contributed by atoms with Gasteiger partial charge < -0.3 is 14.8 Å². The van der Waals surface area contributed by atoms with E-state index in [1.165, 1.54) is 60.3 Å². The minimum absolute atomic E-state index is 0.257. The second-order valence-electron chi connectivity index (χ2n) is 14.2. The molecule has 11 rings (SSSR count). The Hall–Kier alpha value is -6.39. The zero-order chi connectivity index (χ0) is 33.7. The first kappa shape index (κ1) is 28.4. The summed E-state index contributed by atoms with van der Waals surface area (Å²) in [6.07, 6.45) is 7.41. The van der Waals surface area contributed by atoms with E-state index >= 15 is 0 Å². The van der Waals surface area contributed by atoms with Crippen LogP contribution in [0.5, 0.6) is 0 Å². The Labute approximate surface area is 296 Å². The number of aliphatic imine (C=N–C) groups is 1. The number of fused-ring (bicyclic) bond motifs is 12. The lowest BCUT2D eigenvalue weighted by Gasteiger charge is -2.37. The predicted molar refractivity (Wildman–Crippen MR) is 213 cm³/mol. The Kier molecular flexibility index (Phi) is 5.89. The van der Waals surface area contributed by atoms with Gasteiger partial charge in [0.2, 0.25) is 6.29 Å². The Morgan fingerprint density at radius 1 is 0.706 bits per heavy atom. The van der Waals surface area contributed by atoms with E-state index in [-0.39, 0.29) is 11.7 Å². The quantitative estimate of drug-likeness (QED) is 0.206. The molecule has 8 aromatic rings. The zero-order valence-electron chi connectivity index (χ0n) is 28.2. The first-order chi connectivity index (χ1) is 25.2. The van der Waals surface area contributed by atoms with Crippen molar-refractivity contribution in [3.63, 3.8) is 0 Å². The summed E-state index contributed by atoms with van der Waals surface area (Å²) >= 11 is 0. The van der Waals surface area contributed by atoms with E-state index in [0.717, 1.165) is 34.6 Å². The molecule has 0 spiro atoms. The number of benzene rings is 7. The van der Waals surface area contributed by atoms with E-state index in [4.69, 9.17) is 4.99 Å². The van der Waals surface area contributed by atoms with Crippen LogP contribution in [0, 0.1) is 0 Å². The minimum atomic E-state index is -0.383. The number of nitrogens with zero attached hydrogens (tertiary/aromatic N) is 3. The molecule has 2 atom stereocenters. The fraction of sp³-hybridized carbons (Fsp3) is 0.0851. The molecule has 2 unspecified atom stereocenters. The maximum absolute atomic E-state index is 5.70. The lowest BCUT2D eigenvalue weighted by Crippen LogP contribution is -2.43. The fourth-order valence-electron chi connectivity index (χ4n) is 9.11. The van der Waals surface area contributed by atoms with E-state index < -0.39 is 0 Å². The Morgan fingerprint density at radius 3 is 2.31 bits per heavy atom. The predicted octanol–water partition coefficient (Wildman–Crippen LogP) is 11.3. The summed E-state index contributed by atoms with van der Waals surface area (Å²) in [4.78, 5) is 8.23. The van der Waals surface area contributed by atoms with Gasteiger partial charge in [-0.2, -0.15) is 0 Å². The first-order valence-corrected chi connectivity index (χ1v) is 17.8. The van der Waals surface area contributed by atoms with Crippen LogP contribution in [-0.2, 0) is 5.41 Å². The van der Waals surface area contributed by atoms with Gasteiger partial charge in [0.15, 0.2) is 0 Å². The molecule has 4 heteroatoms. The maximum atomic E-state index is 5.70. The molecule has 2 aliphatic heterocycles. The number of hydrogen-bond acceptors (Lipinski definition) is 3. The van der Waals surface area contributed by atoms with Gasteiger partial charge in [-0.05, 0) is 76.9 Å². The number of allylic oxidation sites excluding steroid dienone is 4. The Morgan fingerprint density at radius 2 is 1.43 bits per heavy atom. The molecular weight excluding hydrogens is 621 g/mol. The normalized spacial score (nSPS) is 19.2. The van der Waals surface area contributed by atoms with Crippen LogP contribution in [0.1, 0.15) is 30.0 Å². The number of rotatable bonds is 3. The summed E-state index contributed by atoms with van der Waals surface area (Å²) in [5.74, 6) is 0. The van der Waals surface area contributed by atoms with Crippen molar-refractivity contribution in [2.45, 2.75) is 25.0 Å². The highest BCUT2D eigenvalue weighted by Gasteiger charge is 2.49. The minimum Gasteiger partial charge on any atom is -0.346 e. The van der Waals surface area contributed by atoms with Crippen molar-refractivity contribution in [1.82, 2.24) is 4.57 Å². The molecule has 0 amide bonds. The molecule has 51 heavy (non-hydrogen) atoms. The third-order valence-electron chi connectivity index (χ3n) is 11.3. The van der Waals surface area contributed by atoms with Crippen LogP contribution < -0.4 is 10.2 Å². The Bertz CT molecular complexity index is 2840. The first-order valence-electron chi connectivity index (χ1n) is 17.8. The van der Waals surface area contributed by atoms with E-state index in [0.29, 0.717) is 0 Å². The van der Waals surface area contributed by atoms with Gasteiger partial charge in [-0.25, -0.2) is 4.99 Å². The van der Waals surface area contributed by atoms with Gasteiger partial charge in [-0.1, -0.05) is 127 Å². The van der Waals surface area contributed by atoms with Crippen molar-refractivity contribution < 1.29 is 0 Å². The zero-order valence-corrected chi connectivity index (χ0v) is 28.2. The molecule has 3 heterocycles. The fourth-order valence-corrected chi connectivity index (χ4v) is 9.11. The van der Waals surface area contributed by atoms with E-state index in [1.54, 1.807) is 0 Å². The van der Waals surface area contributed by atoms with Gasteiger partial charge in [-0.3, -0.25) is 0 Å². The van der Waals surface area contributed by atoms with Gasteiger partial charge in [0.25, 0.3) is 0 Å². The van der Waals surface area contributed by atoms with E-state index in [9.17, 15) is 0 Å². The van der Waals surface area contributed by atoms with E-state index in [2.05, 4.69) is 186 Å². The van der Waals surface area contributed by atoms with Crippen LogP contribution >= 0.6 is 0 Å². The van der Waals surface area contributed by atoms with Crippen molar-refractivity contribution in [1.29, 1.82) is 0 Å². The smallest absolute Gasteiger partial charge is 0.201 e. The monoisotopic (exact) mass is 654 g/mol. The van der Waals surface area contributed by atoms with Crippen LogP contribution in [0.15, 0.2) is 175 Å². The van der Waals surface area contributed by atoms with Crippen LogP contribution in [0.4, 0.5) is 11.4 Å². The van der Waals surface area contributed by atoms with Crippen LogP contribution in [0.25, 0.3) is 49.0 Å². The highest BCUT2D eigenvalue weighted by atomic mass is 15.4. The Balaban J connectivity index is 1.27. The van der Waals surface area contributed by atoms with Gasteiger partial charge >= 0.3 is 0 Å². The number of anilines is 2. The van der Waals surface area contributed by atoms with Crippen LogP contribution in [-0.4, -0.2) is 16.6 Å². The molecule has 0 radical (unpaired) electrons. The molecule has 1 aliphatic carbocycles. The van der Waals surface area contributed by atoms with Crippen LogP contribution in [0.3, 0.4) is 0 Å². The van der Waals surface area contributed by atoms with Crippen LogP contribution in [0.2, 0.25) is 0 Å². The summed E-state index contributed by atoms with van der Waals surface area (Å²) in [7, 11) is 0. The van der Waals surface area contributed by atoms with Crippen molar-refractivity contribution in [2.24, 2.45) is 4.99 Å². The van der Waals surface area contributed by atoms with Crippen molar-refractivity contribution in [3.8, 4) is 5.69 Å². The van der Waals surface area contributed by atoms with Crippen molar-refractivity contribution in [3.05, 3.63) is 186 Å². The largest absolute Gasteiger partial charge is 0.346 e. The molecule has 3 aliphatic rings. The summed E-state index contributed by atoms with van der Waals surface area (Å²) in [6, 6.07) is 52.7. The molecule has 0 bridgehead atoms. The molecule has 4 nitrogen and oxygen atoms in total. The standard InChI is InChI=1S/C47H34N4/c1-47-28-14-13-25-40(47)51(46-48-38-23-11-9-21-36(38)43(49-46)32-27-26-30-15-5-6-16-31(30)29-32)45-42(47)35-20-8-7-19-34(35)41-37-22-10-12-24-39(37)50(44(41)45)33-17-3-2-4-18-33/h2-27,29,46,48H,28H2,1H3. The van der Waals surface area contributed by atoms with Gasteiger partial charge in [0, 0.05) is 44.4 Å². The number of nitrogens with one attached hydrogen (secondary N) is 1. The summed E-state index contributed by atoms with van der Waals surface area (Å²) in [6.45, 7) is 2.43. The number of aromatic nitrogens is 1. The molecule has 7 aromatic carbocycles. The summed E-state index contributed by atoms with van der Waals surface area (Å²) < 4.78 is 2.49. The molecular formula is C47H34N4. The second-order valence-corrected chi connectivity index (χ2v) is 14.2. The topological polar surface area (TPSA) is 32.6 Å².